The van der Waals surface area contributed by atoms with Gasteiger partial charge in [-0.1, -0.05) is 18.2 Å². The number of carbonyl (C=O) groups excluding carboxylic acids is 3. The second-order valence-corrected chi connectivity index (χ2v) is 7.09. The van der Waals surface area contributed by atoms with Gasteiger partial charge in [0, 0.05) is 31.6 Å². The van der Waals surface area contributed by atoms with Crippen LogP contribution in [0.25, 0.3) is 0 Å². The molecule has 1 aliphatic heterocycles. The summed E-state index contributed by atoms with van der Waals surface area (Å²) in [6.45, 7) is 0. The summed E-state index contributed by atoms with van der Waals surface area (Å²) >= 11 is 0.731. The van der Waals surface area contributed by atoms with Crippen LogP contribution in [-0.4, -0.2) is 39.1 Å². The van der Waals surface area contributed by atoms with E-state index in [0.717, 1.165) is 25.8 Å². The van der Waals surface area contributed by atoms with Crippen molar-refractivity contribution in [3.05, 3.63) is 56.2 Å². The first kappa shape index (κ1) is 18.6. The van der Waals surface area contributed by atoms with Crippen molar-refractivity contribution in [2.24, 2.45) is 14.1 Å². The molecule has 1 aliphatic rings. The zero-order chi connectivity index (χ0) is 20.0. The lowest BCUT2D eigenvalue weighted by Crippen LogP contribution is -2.52. The Morgan fingerprint density at radius 3 is 2.30 bits per heavy atom. The van der Waals surface area contributed by atoms with Crippen molar-refractivity contribution < 1.29 is 19.5 Å². The Labute approximate surface area is 156 Å². The molecule has 1 aromatic heterocycles. The first-order valence-electron chi connectivity index (χ1n) is 7.75. The number of carboxylic acid groups (broad SMARTS) is 1. The third-order valence-corrected chi connectivity index (χ3v) is 5.60. The molecule has 0 aliphatic carbocycles. The highest BCUT2D eigenvalue weighted by Gasteiger charge is 2.42. The average Bonchev–Trinajstić information content (AvgIpc) is 2.64. The zero-order valence-electron chi connectivity index (χ0n) is 14.6. The molecule has 3 rings (SSSR count). The fourth-order valence-corrected chi connectivity index (χ4v) is 4.11. The van der Waals surface area contributed by atoms with Gasteiger partial charge in [0.15, 0.2) is 11.0 Å². The summed E-state index contributed by atoms with van der Waals surface area (Å²) in [5, 5.41) is 9.92. The van der Waals surface area contributed by atoms with Gasteiger partial charge >= 0.3 is 5.69 Å². The predicted molar refractivity (Wildman–Crippen MR) is 95.1 cm³/mol. The highest BCUT2D eigenvalue weighted by atomic mass is 32.2. The third-order valence-electron chi connectivity index (χ3n) is 4.34. The van der Waals surface area contributed by atoms with Gasteiger partial charge in [-0.15, -0.1) is 11.8 Å². The predicted octanol–water partition coefficient (Wildman–Crippen LogP) is -1.23. The molecule has 1 unspecified atom stereocenters. The molecule has 1 aromatic carbocycles. The van der Waals surface area contributed by atoms with Crippen LogP contribution in [0, 0.1) is 0 Å². The van der Waals surface area contributed by atoms with E-state index in [9.17, 15) is 29.1 Å². The van der Waals surface area contributed by atoms with Gasteiger partial charge in [0.2, 0.25) is 5.91 Å². The van der Waals surface area contributed by atoms with Crippen molar-refractivity contribution in [2.75, 3.05) is 11.9 Å². The summed E-state index contributed by atoms with van der Waals surface area (Å²) in [7, 11) is 3.95. The van der Waals surface area contributed by atoms with Crippen molar-refractivity contribution >= 4 is 35.2 Å². The summed E-state index contributed by atoms with van der Waals surface area (Å²) in [6, 6.07) is 5.81. The second kappa shape index (κ2) is 6.54. The number of aromatic carboxylic acids is 1. The lowest BCUT2D eigenvalue weighted by molar-refractivity contribution is -0.255. The molecule has 0 fully saturated rings. The number of carboxylic acids is 1. The van der Waals surface area contributed by atoms with Gasteiger partial charge in [0.25, 0.3) is 5.56 Å². The number of hydrogen-bond donors (Lipinski definition) is 0. The molecule has 0 bridgehead atoms. The van der Waals surface area contributed by atoms with Crippen LogP contribution in [0.15, 0.2) is 38.8 Å². The van der Waals surface area contributed by atoms with Gasteiger partial charge in [0.1, 0.15) is 11.4 Å². The molecule has 0 radical (unpaired) electrons. The molecule has 10 heteroatoms. The van der Waals surface area contributed by atoms with E-state index in [4.69, 9.17) is 0 Å². The van der Waals surface area contributed by atoms with Gasteiger partial charge in [-0.25, -0.2) is 4.79 Å². The molecule has 2 heterocycles. The largest absolute Gasteiger partial charge is 0.545 e. The highest BCUT2D eigenvalue weighted by Crippen LogP contribution is 2.34. The second-order valence-electron chi connectivity index (χ2n) is 5.95. The Balaban J connectivity index is 2.17. The number of amides is 1. The van der Waals surface area contributed by atoms with Crippen LogP contribution < -0.4 is 21.3 Å². The Morgan fingerprint density at radius 1 is 1.04 bits per heavy atom. The maximum atomic E-state index is 12.9. The van der Waals surface area contributed by atoms with Crippen LogP contribution in [0.2, 0.25) is 0 Å². The van der Waals surface area contributed by atoms with E-state index in [1.54, 1.807) is 6.07 Å². The van der Waals surface area contributed by atoms with E-state index >= 15 is 0 Å². The smallest absolute Gasteiger partial charge is 0.332 e. The number of rotatable bonds is 3. The molecule has 0 saturated heterocycles. The van der Waals surface area contributed by atoms with Crippen LogP contribution in [-0.2, 0) is 18.9 Å². The Hall–Kier alpha value is -3.14. The van der Waals surface area contributed by atoms with Gasteiger partial charge in [-0.3, -0.25) is 28.4 Å². The van der Waals surface area contributed by atoms with Crippen molar-refractivity contribution in [2.45, 2.75) is 10.1 Å². The minimum atomic E-state index is -1.44. The fraction of sp³-hybridized carbons (Fsp3) is 0.235. The number of thioether (sulfide) groups is 1. The van der Waals surface area contributed by atoms with Crippen LogP contribution in [0.5, 0.6) is 0 Å². The molecule has 1 atom stereocenters. The standard InChI is InChI=1S/C17H15N3O6S/c1-18-13-10(14(22)20(3)17(26)19(13)2)11(21)12(15(18)23)27-9-7-5-4-6-8(9)16(24)25/h4-7,12H,1-3H3,(H,24,25)/p-1. The van der Waals surface area contributed by atoms with E-state index < -0.39 is 34.2 Å². The SMILES string of the molecule is CN1C(=O)C(Sc2ccccc2C(=O)[O-])C(=O)c2c1n(C)c(=O)n(C)c2=O. The Bertz CT molecular complexity index is 1120. The van der Waals surface area contributed by atoms with Crippen molar-refractivity contribution in [1.29, 1.82) is 0 Å². The van der Waals surface area contributed by atoms with E-state index in [1.807, 2.05) is 0 Å². The number of benzene rings is 1. The zero-order valence-corrected chi connectivity index (χ0v) is 15.4. The first-order valence-corrected chi connectivity index (χ1v) is 8.63. The van der Waals surface area contributed by atoms with Crippen LogP contribution in [0.3, 0.4) is 0 Å². The van der Waals surface area contributed by atoms with Gasteiger partial charge in [0.05, 0.1) is 5.97 Å². The van der Waals surface area contributed by atoms with Crippen LogP contribution in [0.1, 0.15) is 20.7 Å². The molecule has 2 aromatic rings. The molecule has 0 saturated carbocycles. The van der Waals surface area contributed by atoms with E-state index in [1.165, 1.54) is 39.3 Å². The minimum absolute atomic E-state index is 0.0804. The summed E-state index contributed by atoms with van der Waals surface area (Å²) < 4.78 is 1.85. The average molecular weight is 388 g/mol. The highest BCUT2D eigenvalue weighted by molar-refractivity contribution is 8.01. The molecular formula is C17H14N3O6S-. The van der Waals surface area contributed by atoms with E-state index in [-0.39, 0.29) is 21.8 Å². The molecule has 9 nitrogen and oxygen atoms in total. The number of Topliss-reactive ketones (excluding diaryl/α,β-unsaturated/α-hetero) is 1. The fourth-order valence-electron chi connectivity index (χ4n) is 2.93. The molecular weight excluding hydrogens is 374 g/mol. The summed E-state index contributed by atoms with van der Waals surface area (Å²) in [5.74, 6) is -2.96. The van der Waals surface area contributed by atoms with E-state index in [0.29, 0.717) is 0 Å². The van der Waals surface area contributed by atoms with E-state index in [2.05, 4.69) is 0 Å². The van der Waals surface area contributed by atoms with Crippen molar-refractivity contribution in [3.63, 3.8) is 0 Å². The topological polar surface area (TPSA) is 122 Å². The molecule has 1 amide bonds. The number of fused-ring (bicyclic) bond motifs is 1. The monoisotopic (exact) mass is 388 g/mol. The van der Waals surface area contributed by atoms with Gasteiger partial charge in [-0.2, -0.15) is 0 Å². The third kappa shape index (κ3) is 2.78. The number of aromatic nitrogens is 2. The summed E-state index contributed by atoms with van der Waals surface area (Å²) in [4.78, 5) is 62.8. The molecule has 140 valence electrons. The lowest BCUT2D eigenvalue weighted by atomic mass is 10.0. The van der Waals surface area contributed by atoms with Crippen LogP contribution >= 0.6 is 11.8 Å². The van der Waals surface area contributed by atoms with Crippen molar-refractivity contribution in [1.82, 2.24) is 9.13 Å². The summed E-state index contributed by atoms with van der Waals surface area (Å²) in [6.07, 6.45) is 0. The Kier molecular flexibility index (Phi) is 4.52. The van der Waals surface area contributed by atoms with Crippen molar-refractivity contribution in [3.8, 4) is 0 Å². The lowest BCUT2D eigenvalue weighted by Gasteiger charge is -2.31. The molecule has 0 N–H and O–H groups in total. The normalized spacial score (nSPS) is 16.4. The molecule has 27 heavy (non-hydrogen) atoms. The maximum absolute atomic E-state index is 12.9. The minimum Gasteiger partial charge on any atom is -0.545 e. The number of carbonyl (C=O) groups is 3. The number of ketones is 1. The summed E-state index contributed by atoms with van der Waals surface area (Å²) in [5.41, 5.74) is -1.93. The van der Waals surface area contributed by atoms with Gasteiger partial charge in [-0.05, 0) is 6.07 Å². The quantitative estimate of drug-likeness (QED) is 0.603. The first-order chi connectivity index (χ1) is 12.7. The number of nitrogens with zero attached hydrogens (tertiary/aromatic N) is 3. The molecule has 0 spiro atoms. The van der Waals surface area contributed by atoms with Crippen LogP contribution in [0.4, 0.5) is 5.82 Å². The van der Waals surface area contributed by atoms with Gasteiger partial charge < -0.3 is 9.90 Å². The Morgan fingerprint density at radius 2 is 1.67 bits per heavy atom. The number of hydrogen-bond acceptors (Lipinski definition) is 7. The maximum Gasteiger partial charge on any atom is 0.332 e. The number of anilines is 1.